The van der Waals surface area contributed by atoms with E-state index in [0.29, 0.717) is 32.1 Å². The molecule has 0 spiro atoms. The molecule has 0 aromatic heterocycles. The van der Waals surface area contributed by atoms with Crippen LogP contribution < -0.4 is 5.73 Å². The van der Waals surface area contributed by atoms with Crippen LogP contribution >= 0.6 is 7.82 Å². The van der Waals surface area contributed by atoms with Gasteiger partial charge in [-0.2, -0.15) is 0 Å². The van der Waals surface area contributed by atoms with Crippen molar-refractivity contribution in [3.8, 4) is 0 Å². The van der Waals surface area contributed by atoms with E-state index >= 15 is 0 Å². The van der Waals surface area contributed by atoms with Gasteiger partial charge in [0.2, 0.25) is 0 Å². The fraction of sp³-hybridized carbons (Fsp3) is 0.848. The van der Waals surface area contributed by atoms with Crippen molar-refractivity contribution < 1.29 is 62.8 Å². The predicted octanol–water partition coefficient (Wildman–Crippen LogP) is 9.00. The molecule has 0 aromatic rings. The first-order chi connectivity index (χ1) is 29.3. The van der Waals surface area contributed by atoms with E-state index in [1.165, 1.54) is 57.8 Å². The lowest BCUT2D eigenvalue weighted by atomic mass is 9.88. The second-order valence-corrected chi connectivity index (χ2v) is 18.3. The number of phosphoric acid groups is 1. The molecule has 15 heteroatoms. The summed E-state index contributed by atoms with van der Waals surface area (Å²) in [7, 11) is -4.77. The molecule has 0 aliphatic heterocycles. The Morgan fingerprint density at radius 3 is 1.84 bits per heavy atom. The number of carbonyl (C=O) groups is 3. The van der Waals surface area contributed by atoms with E-state index in [4.69, 9.17) is 24.8 Å². The molecule has 8 atom stereocenters. The highest BCUT2D eigenvalue weighted by Crippen LogP contribution is 2.43. The van der Waals surface area contributed by atoms with Gasteiger partial charge in [-0.25, -0.2) is 4.57 Å². The summed E-state index contributed by atoms with van der Waals surface area (Å²) < 4.78 is 32.8. The Morgan fingerprint density at radius 1 is 0.705 bits per heavy atom. The highest BCUT2D eigenvalue weighted by molar-refractivity contribution is 7.47. The average molecular weight is 890 g/mol. The standard InChI is InChI=1S/C46H84NO13P/c1-3-5-7-8-9-10-11-12-13-14-15-16-17-18-19-20-26-30-45(52)60-38(35-58-61(55,56)59-36-41(47)46(53)54)34-57-44(51)29-25-22-21-24-28-39-40(43(50)33-42(39)49)32-31-37(48)27-23-6-4-2/h12-13,31-32,37-43,48-50H,3-11,14-30,33-36,47H2,1-2H3,(H,53,54)(H,55,56)/b13-12-,32-31+/t37-,38+,39+,40+,41-,42-,43+/m0/s1. The first-order valence-corrected chi connectivity index (χ1v) is 25.1. The number of nitrogens with two attached hydrogens (primary N) is 1. The summed E-state index contributed by atoms with van der Waals surface area (Å²) in [4.78, 5) is 46.3. The SMILES string of the molecule is CCCCCCCC/C=C\CCCCCCCCCC(=O)O[C@H](COC(=O)CCCCCC[C@@H]1[C@@H](/C=C/[C@@H](O)CCCCC)[C@H](O)C[C@@H]1O)COP(=O)(O)OC[C@H](N)C(=O)O. The van der Waals surface area contributed by atoms with Gasteiger partial charge in [0, 0.05) is 25.2 Å². The van der Waals surface area contributed by atoms with Crippen LogP contribution in [0, 0.1) is 11.8 Å². The fourth-order valence-corrected chi connectivity index (χ4v) is 8.29. The van der Waals surface area contributed by atoms with E-state index in [1.54, 1.807) is 6.08 Å². The lowest BCUT2D eigenvalue weighted by molar-refractivity contribution is -0.161. The van der Waals surface area contributed by atoms with Crippen molar-refractivity contribution in [2.24, 2.45) is 17.6 Å². The van der Waals surface area contributed by atoms with Gasteiger partial charge in [-0.1, -0.05) is 141 Å². The molecule has 1 aliphatic carbocycles. The number of allylic oxidation sites excluding steroid dienone is 2. The van der Waals surface area contributed by atoms with Gasteiger partial charge in [-0.15, -0.1) is 0 Å². The zero-order valence-electron chi connectivity index (χ0n) is 37.6. The molecular weight excluding hydrogens is 805 g/mol. The number of esters is 2. The topological polar surface area (TPSA) is 232 Å². The van der Waals surface area contributed by atoms with Gasteiger partial charge in [0.05, 0.1) is 31.5 Å². The van der Waals surface area contributed by atoms with Crippen molar-refractivity contribution in [3.63, 3.8) is 0 Å². The third kappa shape index (κ3) is 30.5. The number of hydrogen-bond acceptors (Lipinski definition) is 12. The molecule has 1 saturated carbocycles. The van der Waals surface area contributed by atoms with Crippen LogP contribution in [0.2, 0.25) is 0 Å². The predicted molar refractivity (Wildman–Crippen MR) is 237 cm³/mol. The Bertz CT molecular complexity index is 1250. The molecule has 0 bridgehead atoms. The van der Waals surface area contributed by atoms with Crippen molar-refractivity contribution in [3.05, 3.63) is 24.3 Å². The number of hydrogen-bond donors (Lipinski definition) is 6. The number of aliphatic carboxylic acids is 1. The molecule has 0 amide bonds. The van der Waals surface area contributed by atoms with Gasteiger partial charge in [-0.3, -0.25) is 23.4 Å². The van der Waals surface area contributed by atoms with Gasteiger partial charge in [0.25, 0.3) is 0 Å². The number of aliphatic hydroxyl groups excluding tert-OH is 3. The molecule has 1 unspecified atom stereocenters. The summed E-state index contributed by atoms with van der Waals surface area (Å²) in [6, 6.07) is -1.55. The van der Waals surface area contributed by atoms with E-state index in [1.807, 2.05) is 6.08 Å². The summed E-state index contributed by atoms with van der Waals surface area (Å²) in [6.07, 6.45) is 30.2. The zero-order chi connectivity index (χ0) is 45.1. The minimum atomic E-state index is -4.77. The first kappa shape index (κ1) is 56.9. The van der Waals surface area contributed by atoms with E-state index in [0.717, 1.165) is 70.6 Å². The van der Waals surface area contributed by atoms with Crippen molar-refractivity contribution in [2.75, 3.05) is 19.8 Å². The quantitative estimate of drug-likeness (QED) is 0.0146. The molecule has 61 heavy (non-hydrogen) atoms. The third-order valence-corrected chi connectivity index (χ3v) is 12.2. The highest BCUT2D eigenvalue weighted by atomic mass is 31.2. The van der Waals surface area contributed by atoms with Gasteiger partial charge >= 0.3 is 25.7 Å². The van der Waals surface area contributed by atoms with Crippen molar-refractivity contribution in [1.82, 2.24) is 0 Å². The average Bonchev–Trinajstić information content (AvgIpc) is 3.49. The van der Waals surface area contributed by atoms with Crippen molar-refractivity contribution in [2.45, 2.75) is 218 Å². The molecule has 1 aliphatic rings. The van der Waals surface area contributed by atoms with Gasteiger partial charge < -0.3 is 40.5 Å². The maximum atomic E-state index is 12.7. The van der Waals surface area contributed by atoms with E-state index in [9.17, 15) is 39.2 Å². The fourth-order valence-electron chi connectivity index (χ4n) is 7.51. The van der Waals surface area contributed by atoms with Crippen LogP contribution in [0.1, 0.15) is 187 Å². The van der Waals surface area contributed by atoms with E-state index < -0.39 is 76.0 Å². The van der Waals surface area contributed by atoms with E-state index in [-0.39, 0.29) is 24.7 Å². The minimum Gasteiger partial charge on any atom is -0.480 e. The summed E-state index contributed by atoms with van der Waals surface area (Å²) in [5.74, 6) is -2.87. The number of rotatable bonds is 40. The minimum absolute atomic E-state index is 0.0954. The lowest BCUT2D eigenvalue weighted by Gasteiger charge is -2.21. The molecule has 1 rings (SSSR count). The van der Waals surface area contributed by atoms with Crippen LogP contribution in [0.5, 0.6) is 0 Å². The Kier molecular flexibility index (Phi) is 33.7. The second-order valence-electron chi connectivity index (χ2n) is 16.9. The molecule has 356 valence electrons. The Morgan fingerprint density at radius 2 is 1.23 bits per heavy atom. The lowest BCUT2D eigenvalue weighted by Crippen LogP contribution is -2.34. The highest BCUT2D eigenvalue weighted by Gasteiger charge is 2.39. The summed E-state index contributed by atoms with van der Waals surface area (Å²) in [6.45, 7) is 2.50. The summed E-state index contributed by atoms with van der Waals surface area (Å²) >= 11 is 0. The van der Waals surface area contributed by atoms with Gasteiger partial charge in [0.1, 0.15) is 12.6 Å². The number of carbonyl (C=O) groups excluding carboxylic acids is 2. The van der Waals surface area contributed by atoms with Gasteiger partial charge in [0.15, 0.2) is 6.10 Å². The van der Waals surface area contributed by atoms with Crippen LogP contribution in [0.3, 0.4) is 0 Å². The van der Waals surface area contributed by atoms with Crippen LogP contribution in [-0.2, 0) is 37.5 Å². The normalized spacial score (nSPS) is 20.5. The molecule has 7 N–H and O–H groups in total. The Hall–Kier alpha value is -2.16. The number of carboxylic acid groups (broad SMARTS) is 1. The maximum absolute atomic E-state index is 12.7. The number of aliphatic hydroxyl groups is 3. The van der Waals surface area contributed by atoms with Crippen LogP contribution in [0.25, 0.3) is 0 Å². The van der Waals surface area contributed by atoms with Crippen LogP contribution in [0.4, 0.5) is 0 Å². The molecular formula is C46H84NO13P. The second kappa shape index (κ2) is 36.2. The largest absolute Gasteiger partial charge is 0.480 e. The first-order valence-electron chi connectivity index (χ1n) is 23.6. The molecule has 0 radical (unpaired) electrons. The number of carboxylic acids is 1. The Balaban J connectivity index is 2.43. The molecule has 1 fully saturated rings. The van der Waals surface area contributed by atoms with Crippen molar-refractivity contribution >= 4 is 25.7 Å². The molecule has 14 nitrogen and oxygen atoms in total. The zero-order valence-corrected chi connectivity index (χ0v) is 38.5. The number of unbranched alkanes of at least 4 members (excludes halogenated alkanes) is 18. The molecule has 0 saturated heterocycles. The van der Waals surface area contributed by atoms with Crippen LogP contribution in [0.15, 0.2) is 24.3 Å². The maximum Gasteiger partial charge on any atom is 0.472 e. The smallest absolute Gasteiger partial charge is 0.472 e. The molecule has 0 heterocycles. The Labute approximate surface area is 367 Å². The number of ether oxygens (including phenoxy) is 2. The van der Waals surface area contributed by atoms with Gasteiger partial charge in [-0.05, 0) is 57.3 Å². The van der Waals surface area contributed by atoms with Crippen LogP contribution in [-0.4, -0.2) is 93.5 Å². The summed E-state index contributed by atoms with van der Waals surface area (Å²) in [5, 5.41) is 40.3. The monoisotopic (exact) mass is 890 g/mol. The summed E-state index contributed by atoms with van der Waals surface area (Å²) in [5.41, 5.74) is 5.34. The van der Waals surface area contributed by atoms with E-state index in [2.05, 4.69) is 30.5 Å². The molecule has 0 aromatic carbocycles. The number of phosphoric ester groups is 1. The van der Waals surface area contributed by atoms with Crippen molar-refractivity contribution in [1.29, 1.82) is 0 Å². The third-order valence-electron chi connectivity index (χ3n) is 11.3.